The Morgan fingerprint density at radius 3 is 1.40 bits per heavy atom. The number of benzene rings is 6. The number of ether oxygens (including phenoxy) is 2. The summed E-state index contributed by atoms with van der Waals surface area (Å²) in [6.45, 7) is 0. The van der Waals surface area contributed by atoms with Gasteiger partial charge in [-0.3, -0.25) is 9.59 Å². The van der Waals surface area contributed by atoms with E-state index in [0.717, 1.165) is 0 Å². The van der Waals surface area contributed by atoms with E-state index in [1.165, 1.54) is 30.3 Å². The molecule has 6 aromatic rings. The third-order valence-electron chi connectivity index (χ3n) is 7.34. The molecule has 0 aromatic heterocycles. The SMILES string of the molecule is O=C1c2ccc(S(=O)(=O)c3ccccc3)cc2C(=O)c2c1c(Oc1ccccc1)c1ccccc1c2Oc1ccccc1. The highest BCUT2D eigenvalue weighted by Crippen LogP contribution is 2.48. The minimum atomic E-state index is -3.95. The molecule has 6 aromatic carbocycles. The predicted molar refractivity (Wildman–Crippen MR) is 162 cm³/mol. The Morgan fingerprint density at radius 2 is 0.884 bits per heavy atom. The van der Waals surface area contributed by atoms with Crippen LogP contribution < -0.4 is 9.47 Å². The highest BCUT2D eigenvalue weighted by Gasteiger charge is 2.38. The van der Waals surface area contributed by atoms with Crippen LogP contribution in [-0.2, 0) is 9.84 Å². The van der Waals surface area contributed by atoms with Crippen LogP contribution in [0.4, 0.5) is 0 Å². The molecule has 0 radical (unpaired) electrons. The van der Waals surface area contributed by atoms with Crippen LogP contribution in [-0.4, -0.2) is 20.0 Å². The van der Waals surface area contributed by atoms with E-state index in [9.17, 15) is 18.0 Å². The van der Waals surface area contributed by atoms with Crippen molar-refractivity contribution in [3.8, 4) is 23.0 Å². The van der Waals surface area contributed by atoms with E-state index in [4.69, 9.17) is 9.47 Å². The van der Waals surface area contributed by atoms with Gasteiger partial charge in [-0.2, -0.15) is 0 Å². The molecule has 0 amide bonds. The summed E-state index contributed by atoms with van der Waals surface area (Å²) in [6, 6.07) is 37.2. The van der Waals surface area contributed by atoms with Crippen LogP contribution in [0.15, 0.2) is 143 Å². The molecule has 0 spiro atoms. The minimum Gasteiger partial charge on any atom is -0.456 e. The maximum atomic E-state index is 14.4. The van der Waals surface area contributed by atoms with Crippen molar-refractivity contribution in [2.45, 2.75) is 9.79 Å². The standard InChI is InChI=1S/C36H22O6S/c37-33-27-21-20-26(43(39,40)25-16-8-3-9-17-25)22-30(27)34(38)32-31(33)35(41-23-12-4-1-5-13-23)28-18-10-11-19-29(28)36(32)42-24-14-6-2-7-15-24/h1-22H. The van der Waals surface area contributed by atoms with Gasteiger partial charge >= 0.3 is 0 Å². The lowest BCUT2D eigenvalue weighted by Crippen LogP contribution is -2.23. The second-order valence-electron chi connectivity index (χ2n) is 9.97. The van der Waals surface area contributed by atoms with Crippen LogP contribution >= 0.6 is 0 Å². The molecule has 0 unspecified atom stereocenters. The van der Waals surface area contributed by atoms with Crippen molar-refractivity contribution in [2.24, 2.45) is 0 Å². The maximum absolute atomic E-state index is 14.4. The van der Waals surface area contributed by atoms with Gasteiger partial charge < -0.3 is 9.47 Å². The van der Waals surface area contributed by atoms with Crippen LogP contribution in [0, 0.1) is 0 Å². The van der Waals surface area contributed by atoms with Crippen LogP contribution in [0.3, 0.4) is 0 Å². The number of hydrogen-bond donors (Lipinski definition) is 0. The molecule has 0 atom stereocenters. The first-order valence-corrected chi connectivity index (χ1v) is 15.0. The number of para-hydroxylation sites is 2. The molecule has 1 aliphatic carbocycles. The smallest absolute Gasteiger partial charge is 0.206 e. The van der Waals surface area contributed by atoms with Gasteiger partial charge in [0.25, 0.3) is 0 Å². The summed E-state index contributed by atoms with van der Waals surface area (Å²) in [4.78, 5) is 28.7. The fraction of sp³-hybridized carbons (Fsp3) is 0. The van der Waals surface area contributed by atoms with Crippen molar-refractivity contribution in [3.05, 3.63) is 156 Å². The lowest BCUT2D eigenvalue weighted by molar-refractivity contribution is 0.0975. The Balaban J connectivity index is 1.49. The monoisotopic (exact) mass is 582 g/mol. The van der Waals surface area contributed by atoms with E-state index in [-0.39, 0.29) is 43.5 Å². The molecule has 0 saturated carbocycles. The van der Waals surface area contributed by atoms with E-state index in [2.05, 4.69) is 0 Å². The lowest BCUT2D eigenvalue weighted by atomic mass is 9.81. The second kappa shape index (κ2) is 10.4. The van der Waals surface area contributed by atoms with E-state index < -0.39 is 21.4 Å². The number of ketones is 2. The van der Waals surface area contributed by atoms with Crippen LogP contribution in [0.5, 0.6) is 23.0 Å². The largest absolute Gasteiger partial charge is 0.456 e. The summed E-state index contributed by atoms with van der Waals surface area (Å²) in [5.74, 6) is 0.367. The molecule has 0 bridgehead atoms. The Labute approximate surface area is 247 Å². The third-order valence-corrected chi connectivity index (χ3v) is 9.11. The Bertz CT molecular complexity index is 2160. The first kappa shape index (κ1) is 26.4. The molecule has 7 rings (SSSR count). The highest BCUT2D eigenvalue weighted by molar-refractivity contribution is 7.91. The number of carbonyl (C=O) groups is 2. The van der Waals surface area contributed by atoms with Gasteiger partial charge in [-0.15, -0.1) is 0 Å². The van der Waals surface area contributed by atoms with Crippen LogP contribution in [0.25, 0.3) is 10.8 Å². The zero-order valence-electron chi connectivity index (χ0n) is 22.6. The fourth-order valence-electron chi connectivity index (χ4n) is 5.32. The average molecular weight is 583 g/mol. The average Bonchev–Trinajstić information content (AvgIpc) is 3.05. The van der Waals surface area contributed by atoms with Gasteiger partial charge in [-0.05, 0) is 54.6 Å². The van der Waals surface area contributed by atoms with Gasteiger partial charge in [0, 0.05) is 21.9 Å². The lowest BCUT2D eigenvalue weighted by Gasteiger charge is -2.25. The molecule has 0 aliphatic heterocycles. The molecule has 1 aliphatic rings. The summed E-state index contributed by atoms with van der Waals surface area (Å²) in [5, 5.41) is 1.15. The third kappa shape index (κ3) is 4.47. The molecule has 7 heteroatoms. The Morgan fingerprint density at radius 1 is 0.442 bits per heavy atom. The van der Waals surface area contributed by atoms with Gasteiger partial charge in [0.1, 0.15) is 23.0 Å². The molecular weight excluding hydrogens is 560 g/mol. The summed E-state index contributed by atoms with van der Waals surface area (Å²) in [6.07, 6.45) is 0. The molecule has 208 valence electrons. The van der Waals surface area contributed by atoms with Crippen LogP contribution in [0.2, 0.25) is 0 Å². The van der Waals surface area contributed by atoms with E-state index >= 15 is 0 Å². The van der Waals surface area contributed by atoms with E-state index in [1.54, 1.807) is 60.7 Å². The van der Waals surface area contributed by atoms with Crippen molar-refractivity contribution >= 4 is 32.2 Å². The van der Waals surface area contributed by atoms with Gasteiger partial charge in [-0.1, -0.05) is 78.9 Å². The zero-order chi connectivity index (χ0) is 29.6. The normalized spacial score (nSPS) is 12.5. The minimum absolute atomic E-state index is 0.0141. The summed E-state index contributed by atoms with van der Waals surface area (Å²) >= 11 is 0. The number of fused-ring (bicyclic) bond motifs is 3. The number of hydrogen-bond acceptors (Lipinski definition) is 6. The van der Waals surface area contributed by atoms with E-state index in [1.807, 2.05) is 42.5 Å². The zero-order valence-corrected chi connectivity index (χ0v) is 23.4. The molecule has 0 fully saturated rings. The summed E-state index contributed by atoms with van der Waals surface area (Å²) in [7, 11) is -3.95. The molecule has 6 nitrogen and oxygen atoms in total. The predicted octanol–water partition coefficient (Wildman–Crippen LogP) is 8.03. The van der Waals surface area contributed by atoms with Gasteiger partial charge in [0.15, 0.2) is 11.6 Å². The first-order valence-electron chi connectivity index (χ1n) is 13.5. The highest BCUT2D eigenvalue weighted by atomic mass is 32.2. The van der Waals surface area contributed by atoms with Crippen molar-refractivity contribution in [3.63, 3.8) is 0 Å². The van der Waals surface area contributed by atoms with Crippen molar-refractivity contribution in [1.82, 2.24) is 0 Å². The van der Waals surface area contributed by atoms with Gasteiger partial charge in [0.2, 0.25) is 9.84 Å². The van der Waals surface area contributed by atoms with Crippen LogP contribution in [0.1, 0.15) is 31.8 Å². The van der Waals surface area contributed by atoms with Gasteiger partial charge in [0.05, 0.1) is 20.9 Å². The second-order valence-corrected chi connectivity index (χ2v) is 11.9. The van der Waals surface area contributed by atoms with Crippen molar-refractivity contribution < 1.29 is 27.5 Å². The quantitative estimate of drug-likeness (QED) is 0.197. The first-order chi connectivity index (χ1) is 20.9. The number of sulfone groups is 1. The molecule has 43 heavy (non-hydrogen) atoms. The van der Waals surface area contributed by atoms with Gasteiger partial charge in [-0.25, -0.2) is 8.42 Å². The van der Waals surface area contributed by atoms with Crippen molar-refractivity contribution in [1.29, 1.82) is 0 Å². The Hall–Kier alpha value is -5.53. The molecule has 0 heterocycles. The Kier molecular flexibility index (Phi) is 6.37. The maximum Gasteiger partial charge on any atom is 0.206 e. The van der Waals surface area contributed by atoms with E-state index in [0.29, 0.717) is 22.3 Å². The molecule has 0 saturated heterocycles. The van der Waals surface area contributed by atoms with Crippen molar-refractivity contribution in [2.75, 3.05) is 0 Å². The number of rotatable bonds is 6. The number of carbonyl (C=O) groups excluding carboxylic acids is 2. The fourth-order valence-corrected chi connectivity index (χ4v) is 6.62. The summed E-state index contributed by atoms with van der Waals surface area (Å²) < 4.78 is 39.6. The molecular formula is C36H22O6S. The molecule has 0 N–H and O–H groups in total. The summed E-state index contributed by atoms with van der Waals surface area (Å²) in [5.41, 5.74) is 0.140. The topological polar surface area (TPSA) is 86.7 Å².